The van der Waals surface area contributed by atoms with Gasteiger partial charge in [-0.25, -0.2) is 4.79 Å². The summed E-state index contributed by atoms with van der Waals surface area (Å²) in [6, 6.07) is 1.88. The summed E-state index contributed by atoms with van der Waals surface area (Å²) in [4.78, 5) is 10.6. The molecule has 0 aliphatic rings. The fourth-order valence-electron chi connectivity index (χ4n) is 0.619. The molecule has 4 heteroatoms. The fraction of sp³-hybridized carbons (Fsp3) is 0.125. The van der Waals surface area contributed by atoms with Crippen molar-refractivity contribution in [1.29, 1.82) is 0 Å². The van der Waals surface area contributed by atoms with Crippen molar-refractivity contribution < 1.29 is 14.3 Å². The van der Waals surface area contributed by atoms with Crippen LogP contribution in [0.1, 0.15) is 5.56 Å². The van der Waals surface area contributed by atoms with Crippen LogP contribution >= 0.6 is 11.3 Å². The highest BCUT2D eigenvalue weighted by molar-refractivity contribution is 7.07. The van der Waals surface area contributed by atoms with Crippen LogP contribution in [0.25, 0.3) is 0 Å². The molecule has 0 N–H and O–H groups in total. The van der Waals surface area contributed by atoms with E-state index in [1.54, 1.807) is 11.3 Å². The molecule has 0 aliphatic carbocycles. The normalized spacial score (nSPS) is 9.00. The van der Waals surface area contributed by atoms with Crippen LogP contribution in [0.5, 0.6) is 0 Å². The summed E-state index contributed by atoms with van der Waals surface area (Å²) in [6.45, 7) is 3.47. The van der Waals surface area contributed by atoms with Crippen LogP contribution in [0.3, 0.4) is 0 Å². The molecule has 1 rings (SSSR count). The molecule has 0 atom stereocenters. The SMILES string of the molecule is C=COC(=O)OCc1ccsc1. The van der Waals surface area contributed by atoms with Gasteiger partial charge < -0.3 is 9.47 Å². The van der Waals surface area contributed by atoms with E-state index in [1.807, 2.05) is 16.8 Å². The van der Waals surface area contributed by atoms with E-state index in [-0.39, 0.29) is 6.61 Å². The first-order valence-electron chi connectivity index (χ1n) is 3.28. The molecule has 1 aromatic heterocycles. The minimum absolute atomic E-state index is 0.246. The van der Waals surface area contributed by atoms with Gasteiger partial charge in [-0.05, 0) is 16.8 Å². The molecule has 0 bridgehead atoms. The van der Waals surface area contributed by atoms with Gasteiger partial charge in [0.2, 0.25) is 0 Å². The van der Waals surface area contributed by atoms with Gasteiger partial charge in [0.05, 0.1) is 6.26 Å². The van der Waals surface area contributed by atoms with Crippen molar-refractivity contribution in [3.63, 3.8) is 0 Å². The number of hydrogen-bond donors (Lipinski definition) is 0. The zero-order valence-electron chi connectivity index (χ0n) is 6.36. The Morgan fingerprint density at radius 3 is 3.17 bits per heavy atom. The molecule has 1 aromatic rings. The van der Waals surface area contributed by atoms with Gasteiger partial charge in [-0.15, -0.1) is 0 Å². The monoisotopic (exact) mass is 184 g/mol. The Balaban J connectivity index is 2.26. The Morgan fingerprint density at radius 2 is 2.58 bits per heavy atom. The smallest absolute Gasteiger partial charge is 0.429 e. The van der Waals surface area contributed by atoms with Gasteiger partial charge in [-0.2, -0.15) is 11.3 Å². The van der Waals surface area contributed by atoms with Gasteiger partial charge in [0.1, 0.15) is 6.61 Å². The Labute approximate surface area is 74.2 Å². The second kappa shape index (κ2) is 4.56. The van der Waals surface area contributed by atoms with E-state index in [4.69, 9.17) is 4.74 Å². The number of carbonyl (C=O) groups excluding carboxylic acids is 1. The van der Waals surface area contributed by atoms with E-state index in [2.05, 4.69) is 11.3 Å². The van der Waals surface area contributed by atoms with Crippen LogP contribution in [0.15, 0.2) is 29.7 Å². The quantitative estimate of drug-likeness (QED) is 0.535. The number of ether oxygens (including phenoxy) is 2. The third kappa shape index (κ3) is 2.75. The highest BCUT2D eigenvalue weighted by atomic mass is 32.1. The molecule has 64 valence electrons. The fourth-order valence-corrected chi connectivity index (χ4v) is 1.27. The Hall–Kier alpha value is -1.29. The molecule has 0 saturated carbocycles. The van der Waals surface area contributed by atoms with Crippen molar-refractivity contribution in [3.8, 4) is 0 Å². The Morgan fingerprint density at radius 1 is 1.75 bits per heavy atom. The first-order valence-corrected chi connectivity index (χ1v) is 4.22. The van der Waals surface area contributed by atoms with E-state index >= 15 is 0 Å². The number of thiophene rings is 1. The van der Waals surface area contributed by atoms with Crippen LogP contribution < -0.4 is 0 Å². The average molecular weight is 184 g/mol. The molecule has 0 aliphatic heterocycles. The topological polar surface area (TPSA) is 35.5 Å². The molecule has 0 spiro atoms. The zero-order valence-corrected chi connectivity index (χ0v) is 7.17. The summed E-state index contributed by atoms with van der Waals surface area (Å²) < 4.78 is 9.05. The maximum absolute atomic E-state index is 10.6. The highest BCUT2D eigenvalue weighted by Gasteiger charge is 2.01. The van der Waals surface area contributed by atoms with Gasteiger partial charge in [-0.3, -0.25) is 0 Å². The maximum Gasteiger partial charge on any atom is 0.513 e. The second-order valence-corrected chi connectivity index (χ2v) is 2.73. The van der Waals surface area contributed by atoms with Crippen molar-refractivity contribution in [2.45, 2.75) is 6.61 Å². The summed E-state index contributed by atoms with van der Waals surface area (Å²) >= 11 is 1.55. The molecule has 3 nitrogen and oxygen atoms in total. The zero-order chi connectivity index (χ0) is 8.81. The third-order valence-corrected chi connectivity index (χ3v) is 1.85. The molecular formula is C8H8O3S. The van der Waals surface area contributed by atoms with Crippen molar-refractivity contribution in [1.82, 2.24) is 0 Å². The predicted octanol–water partition coefficient (Wildman–Crippen LogP) is 2.54. The number of rotatable bonds is 3. The first-order chi connectivity index (χ1) is 5.83. The summed E-state index contributed by atoms with van der Waals surface area (Å²) in [5.41, 5.74) is 0.959. The van der Waals surface area contributed by atoms with Crippen LogP contribution in [0, 0.1) is 0 Å². The number of hydrogen-bond acceptors (Lipinski definition) is 4. The lowest BCUT2D eigenvalue weighted by Crippen LogP contribution is -2.02. The minimum Gasteiger partial charge on any atom is -0.429 e. The van der Waals surface area contributed by atoms with Gasteiger partial charge >= 0.3 is 6.16 Å². The summed E-state index contributed by atoms with van der Waals surface area (Å²) in [5.74, 6) is 0. The summed E-state index contributed by atoms with van der Waals surface area (Å²) in [7, 11) is 0. The highest BCUT2D eigenvalue weighted by Crippen LogP contribution is 2.07. The maximum atomic E-state index is 10.6. The second-order valence-electron chi connectivity index (χ2n) is 1.95. The van der Waals surface area contributed by atoms with E-state index in [0.717, 1.165) is 11.8 Å². The number of carbonyl (C=O) groups is 1. The van der Waals surface area contributed by atoms with Gasteiger partial charge in [0.25, 0.3) is 0 Å². The van der Waals surface area contributed by atoms with Crippen LogP contribution in [-0.4, -0.2) is 6.16 Å². The Kier molecular flexibility index (Phi) is 3.35. The Bertz CT molecular complexity index is 253. The van der Waals surface area contributed by atoms with Crippen molar-refractivity contribution in [2.75, 3.05) is 0 Å². The lowest BCUT2D eigenvalue weighted by atomic mass is 10.4. The largest absolute Gasteiger partial charge is 0.513 e. The molecule has 12 heavy (non-hydrogen) atoms. The summed E-state index contributed by atoms with van der Waals surface area (Å²) in [5, 5.41) is 3.82. The molecule has 0 saturated heterocycles. The van der Waals surface area contributed by atoms with Crippen LogP contribution in [0.4, 0.5) is 4.79 Å². The lowest BCUT2D eigenvalue weighted by Gasteiger charge is -1.99. The van der Waals surface area contributed by atoms with Crippen molar-refractivity contribution in [2.24, 2.45) is 0 Å². The lowest BCUT2D eigenvalue weighted by molar-refractivity contribution is 0.0789. The van der Waals surface area contributed by atoms with E-state index < -0.39 is 6.16 Å². The van der Waals surface area contributed by atoms with Crippen LogP contribution in [0.2, 0.25) is 0 Å². The van der Waals surface area contributed by atoms with Crippen molar-refractivity contribution in [3.05, 3.63) is 35.2 Å². The van der Waals surface area contributed by atoms with Gasteiger partial charge in [0, 0.05) is 5.56 Å². The van der Waals surface area contributed by atoms with Gasteiger partial charge in [-0.1, -0.05) is 6.58 Å². The predicted molar refractivity (Wildman–Crippen MR) is 45.8 cm³/mol. The summed E-state index contributed by atoms with van der Waals surface area (Å²) in [6.07, 6.45) is 0.312. The first kappa shape index (κ1) is 8.80. The van der Waals surface area contributed by atoms with E-state index in [9.17, 15) is 4.79 Å². The van der Waals surface area contributed by atoms with Crippen LogP contribution in [-0.2, 0) is 16.1 Å². The molecular weight excluding hydrogens is 176 g/mol. The van der Waals surface area contributed by atoms with Crippen molar-refractivity contribution >= 4 is 17.5 Å². The molecule has 1 heterocycles. The third-order valence-electron chi connectivity index (χ3n) is 1.12. The molecule has 0 unspecified atom stereocenters. The standard InChI is InChI=1S/C8H8O3S/c1-2-10-8(9)11-5-7-3-4-12-6-7/h2-4,6H,1,5H2. The van der Waals surface area contributed by atoms with E-state index in [0.29, 0.717) is 0 Å². The minimum atomic E-state index is -0.726. The molecule has 0 amide bonds. The molecule has 0 radical (unpaired) electrons. The molecule has 0 fully saturated rings. The molecule has 0 aromatic carbocycles. The van der Waals surface area contributed by atoms with E-state index in [1.165, 1.54) is 0 Å². The van der Waals surface area contributed by atoms with Gasteiger partial charge in [0.15, 0.2) is 0 Å². The average Bonchev–Trinajstić information content (AvgIpc) is 2.53.